The standard InChI is InChI=1S/C16H21F6NO2/c1-14(2,3)11-7-10(8-12(9-11)24-15(17,18)19)13(5-4-6-23)25-16(20,21)22/h7-9,13H,4-6,23H2,1-3H3. The van der Waals surface area contributed by atoms with E-state index in [9.17, 15) is 26.3 Å². The van der Waals surface area contributed by atoms with Gasteiger partial charge in [-0.05, 0) is 48.1 Å². The molecule has 0 radical (unpaired) electrons. The summed E-state index contributed by atoms with van der Waals surface area (Å²) in [5, 5.41) is 0. The van der Waals surface area contributed by atoms with Gasteiger partial charge in [-0.2, -0.15) is 0 Å². The van der Waals surface area contributed by atoms with Crippen molar-refractivity contribution in [1.82, 2.24) is 0 Å². The van der Waals surface area contributed by atoms with Crippen LogP contribution in [0.25, 0.3) is 0 Å². The van der Waals surface area contributed by atoms with E-state index < -0.39 is 30.0 Å². The maximum absolute atomic E-state index is 12.7. The lowest BCUT2D eigenvalue weighted by Crippen LogP contribution is -2.21. The van der Waals surface area contributed by atoms with Crippen molar-refractivity contribution in [2.45, 2.75) is 57.9 Å². The highest BCUT2D eigenvalue weighted by molar-refractivity contribution is 5.39. The minimum Gasteiger partial charge on any atom is -0.406 e. The second-order valence-electron chi connectivity index (χ2n) is 6.57. The largest absolute Gasteiger partial charge is 0.573 e. The zero-order valence-corrected chi connectivity index (χ0v) is 14.1. The van der Waals surface area contributed by atoms with Gasteiger partial charge in [0, 0.05) is 0 Å². The third-order valence-electron chi connectivity index (χ3n) is 3.35. The van der Waals surface area contributed by atoms with E-state index in [1.165, 1.54) is 6.07 Å². The number of alkyl halides is 6. The molecule has 1 rings (SSSR count). The topological polar surface area (TPSA) is 44.5 Å². The lowest BCUT2D eigenvalue weighted by Gasteiger charge is -2.25. The van der Waals surface area contributed by atoms with Gasteiger partial charge in [0.05, 0.1) is 6.10 Å². The molecule has 0 aromatic heterocycles. The van der Waals surface area contributed by atoms with Crippen molar-refractivity contribution in [2.24, 2.45) is 5.73 Å². The smallest absolute Gasteiger partial charge is 0.406 e. The van der Waals surface area contributed by atoms with Crippen LogP contribution in [0.2, 0.25) is 0 Å². The first kappa shape index (κ1) is 21.6. The fraction of sp³-hybridized carbons (Fsp3) is 0.625. The van der Waals surface area contributed by atoms with E-state index in [0.29, 0.717) is 5.56 Å². The van der Waals surface area contributed by atoms with E-state index in [4.69, 9.17) is 5.73 Å². The van der Waals surface area contributed by atoms with E-state index in [-0.39, 0.29) is 24.9 Å². The third kappa shape index (κ3) is 7.96. The fourth-order valence-corrected chi connectivity index (χ4v) is 2.19. The molecule has 2 N–H and O–H groups in total. The van der Waals surface area contributed by atoms with Gasteiger partial charge in [-0.15, -0.1) is 26.3 Å². The van der Waals surface area contributed by atoms with Crippen molar-refractivity contribution >= 4 is 0 Å². The van der Waals surface area contributed by atoms with Crippen LogP contribution in [0.4, 0.5) is 26.3 Å². The zero-order chi connectivity index (χ0) is 19.5. The van der Waals surface area contributed by atoms with Crippen LogP contribution in [0.15, 0.2) is 18.2 Å². The summed E-state index contributed by atoms with van der Waals surface area (Å²) in [6.45, 7) is 5.30. The van der Waals surface area contributed by atoms with Crippen LogP contribution in [0.1, 0.15) is 50.8 Å². The molecule has 1 aromatic rings. The van der Waals surface area contributed by atoms with Crippen LogP contribution in [0.3, 0.4) is 0 Å². The number of benzene rings is 1. The molecule has 25 heavy (non-hydrogen) atoms. The Bertz CT molecular complexity index is 563. The number of hydrogen-bond acceptors (Lipinski definition) is 3. The molecule has 0 aliphatic carbocycles. The summed E-state index contributed by atoms with van der Waals surface area (Å²) in [6.07, 6.45) is -11.2. The van der Waals surface area contributed by atoms with Crippen LogP contribution in [0, 0.1) is 0 Å². The first-order valence-electron chi connectivity index (χ1n) is 7.57. The van der Waals surface area contributed by atoms with E-state index in [1.54, 1.807) is 20.8 Å². The lowest BCUT2D eigenvalue weighted by atomic mass is 9.85. The van der Waals surface area contributed by atoms with Gasteiger partial charge in [0.25, 0.3) is 0 Å². The van der Waals surface area contributed by atoms with Gasteiger partial charge >= 0.3 is 12.7 Å². The number of hydrogen-bond donors (Lipinski definition) is 1. The minimum absolute atomic E-state index is 0.0440. The first-order chi connectivity index (χ1) is 11.2. The van der Waals surface area contributed by atoms with E-state index in [2.05, 4.69) is 9.47 Å². The van der Waals surface area contributed by atoms with Crippen LogP contribution < -0.4 is 10.5 Å². The molecule has 3 nitrogen and oxygen atoms in total. The predicted molar refractivity (Wildman–Crippen MR) is 80.0 cm³/mol. The Kier molecular flexibility index (Phi) is 6.74. The monoisotopic (exact) mass is 373 g/mol. The Morgan fingerprint density at radius 3 is 2.00 bits per heavy atom. The molecule has 1 aromatic carbocycles. The van der Waals surface area contributed by atoms with Crippen LogP contribution in [-0.4, -0.2) is 19.3 Å². The highest BCUT2D eigenvalue weighted by Crippen LogP contribution is 2.37. The minimum atomic E-state index is -4.95. The normalized spacial score (nSPS) is 14.5. The molecule has 1 atom stereocenters. The van der Waals surface area contributed by atoms with E-state index in [0.717, 1.165) is 12.1 Å². The fourth-order valence-electron chi connectivity index (χ4n) is 2.19. The average molecular weight is 373 g/mol. The highest BCUT2D eigenvalue weighted by atomic mass is 19.4. The summed E-state index contributed by atoms with van der Waals surface area (Å²) in [5.41, 5.74) is 5.07. The van der Waals surface area contributed by atoms with Crippen molar-refractivity contribution in [2.75, 3.05) is 6.54 Å². The Morgan fingerprint density at radius 1 is 0.960 bits per heavy atom. The van der Waals surface area contributed by atoms with E-state index in [1.807, 2.05) is 0 Å². The number of rotatable bonds is 6. The molecular weight excluding hydrogens is 352 g/mol. The van der Waals surface area contributed by atoms with Crippen molar-refractivity contribution in [1.29, 1.82) is 0 Å². The number of ether oxygens (including phenoxy) is 2. The van der Waals surface area contributed by atoms with Gasteiger partial charge in [0.15, 0.2) is 0 Å². The van der Waals surface area contributed by atoms with Crippen LogP contribution >= 0.6 is 0 Å². The quantitative estimate of drug-likeness (QED) is 0.697. The molecule has 0 bridgehead atoms. The molecule has 0 aliphatic heterocycles. The Hall–Kier alpha value is -1.48. The number of nitrogens with two attached hydrogens (primary N) is 1. The van der Waals surface area contributed by atoms with Gasteiger partial charge in [-0.1, -0.05) is 26.8 Å². The van der Waals surface area contributed by atoms with Crippen molar-refractivity contribution in [3.05, 3.63) is 29.3 Å². The Morgan fingerprint density at radius 2 is 1.56 bits per heavy atom. The molecule has 1 unspecified atom stereocenters. The molecular formula is C16H21F6NO2. The summed E-state index contributed by atoms with van der Waals surface area (Å²) in [5.74, 6) is -0.585. The maximum Gasteiger partial charge on any atom is 0.573 e. The third-order valence-corrected chi connectivity index (χ3v) is 3.35. The van der Waals surface area contributed by atoms with Crippen molar-refractivity contribution in [3.8, 4) is 5.75 Å². The first-order valence-corrected chi connectivity index (χ1v) is 7.57. The molecule has 0 amide bonds. The molecule has 0 fully saturated rings. The highest BCUT2D eigenvalue weighted by Gasteiger charge is 2.36. The van der Waals surface area contributed by atoms with Crippen LogP contribution in [0.5, 0.6) is 5.75 Å². The summed E-state index contributed by atoms with van der Waals surface area (Å²) >= 11 is 0. The summed E-state index contributed by atoms with van der Waals surface area (Å²) in [4.78, 5) is 0. The van der Waals surface area contributed by atoms with Crippen molar-refractivity contribution < 1.29 is 35.8 Å². The summed E-state index contributed by atoms with van der Waals surface area (Å²) in [7, 11) is 0. The average Bonchev–Trinajstić information content (AvgIpc) is 2.39. The predicted octanol–water partition coefficient (Wildman–Crippen LogP) is 5.20. The lowest BCUT2D eigenvalue weighted by molar-refractivity contribution is -0.345. The van der Waals surface area contributed by atoms with Crippen LogP contribution in [-0.2, 0) is 10.2 Å². The second-order valence-corrected chi connectivity index (χ2v) is 6.57. The Balaban J connectivity index is 3.33. The van der Waals surface area contributed by atoms with Crippen molar-refractivity contribution in [3.63, 3.8) is 0 Å². The number of halogens is 6. The molecule has 0 saturated heterocycles. The second kappa shape index (κ2) is 7.82. The summed E-state index contributed by atoms with van der Waals surface area (Å²) < 4.78 is 83.5. The molecule has 144 valence electrons. The molecule has 0 spiro atoms. The Labute approximate surface area is 142 Å². The van der Waals surface area contributed by atoms with Gasteiger partial charge in [-0.3, -0.25) is 4.74 Å². The van der Waals surface area contributed by atoms with E-state index >= 15 is 0 Å². The summed E-state index contributed by atoms with van der Waals surface area (Å²) in [6, 6.07) is 3.47. The maximum atomic E-state index is 12.7. The molecule has 0 heterocycles. The molecule has 9 heteroatoms. The van der Waals surface area contributed by atoms with Gasteiger partial charge in [0.1, 0.15) is 5.75 Å². The van der Waals surface area contributed by atoms with Gasteiger partial charge in [-0.25, -0.2) is 0 Å². The molecule has 0 aliphatic rings. The van der Waals surface area contributed by atoms with Gasteiger partial charge in [0.2, 0.25) is 0 Å². The molecule has 0 saturated carbocycles. The van der Waals surface area contributed by atoms with Gasteiger partial charge < -0.3 is 10.5 Å². The SMILES string of the molecule is CC(C)(C)c1cc(OC(F)(F)F)cc(C(CCCN)OC(F)(F)F)c1. The zero-order valence-electron chi connectivity index (χ0n) is 14.1.